The van der Waals surface area contributed by atoms with Gasteiger partial charge in [-0.05, 0) is 18.2 Å². The normalized spacial score (nSPS) is 12.3. The van der Waals surface area contributed by atoms with Crippen LogP contribution in [0.3, 0.4) is 0 Å². The summed E-state index contributed by atoms with van der Waals surface area (Å²) < 4.78 is 27.0. The number of sulfonamides is 1. The third kappa shape index (κ3) is 4.29. The van der Waals surface area contributed by atoms with Gasteiger partial charge in [0.2, 0.25) is 10.0 Å². The standard InChI is InChI=1S/C14H16ClN3O4S2/c1-14(2,3)13-18-17-11(23-13)7-16-24(21,22)8-4-5-9(12(19)20)10(15)6-8/h4-6,16H,7H2,1-3H3,(H,19,20). The number of hydrogen-bond donors (Lipinski definition) is 2. The third-order valence-corrected chi connectivity index (χ3v) is 6.06. The first-order valence-corrected chi connectivity index (χ1v) is 9.54. The van der Waals surface area contributed by atoms with Gasteiger partial charge in [0.05, 0.1) is 22.0 Å². The zero-order valence-electron chi connectivity index (χ0n) is 13.2. The van der Waals surface area contributed by atoms with Gasteiger partial charge in [-0.3, -0.25) is 0 Å². The fourth-order valence-corrected chi connectivity index (χ4v) is 3.97. The van der Waals surface area contributed by atoms with E-state index in [-0.39, 0.29) is 27.4 Å². The smallest absolute Gasteiger partial charge is 0.337 e. The molecular weight excluding hydrogens is 374 g/mol. The molecule has 7 nitrogen and oxygen atoms in total. The number of carbonyl (C=O) groups is 1. The first kappa shape index (κ1) is 18.8. The molecule has 0 aliphatic rings. The summed E-state index contributed by atoms with van der Waals surface area (Å²) in [6.45, 7) is 5.97. The maximum absolute atomic E-state index is 12.3. The Kier molecular flexibility index (Phi) is 5.28. The van der Waals surface area contributed by atoms with E-state index in [1.165, 1.54) is 17.4 Å². The Bertz CT molecular complexity index is 872. The van der Waals surface area contributed by atoms with E-state index in [2.05, 4.69) is 14.9 Å². The summed E-state index contributed by atoms with van der Waals surface area (Å²) in [7, 11) is -3.84. The van der Waals surface area contributed by atoms with Gasteiger partial charge in [0.25, 0.3) is 0 Å². The van der Waals surface area contributed by atoms with E-state index in [1.54, 1.807) is 0 Å². The van der Waals surface area contributed by atoms with Gasteiger partial charge in [-0.15, -0.1) is 10.2 Å². The lowest BCUT2D eigenvalue weighted by Gasteiger charge is -2.12. The molecule has 24 heavy (non-hydrogen) atoms. The number of hydrogen-bond acceptors (Lipinski definition) is 6. The van der Waals surface area contributed by atoms with E-state index in [0.717, 1.165) is 17.1 Å². The van der Waals surface area contributed by atoms with E-state index >= 15 is 0 Å². The Morgan fingerprint density at radius 1 is 1.33 bits per heavy atom. The summed E-state index contributed by atoms with van der Waals surface area (Å²) in [6.07, 6.45) is 0. The molecule has 1 aromatic carbocycles. The van der Waals surface area contributed by atoms with Gasteiger partial charge in [0.15, 0.2) is 0 Å². The van der Waals surface area contributed by atoms with E-state index in [4.69, 9.17) is 16.7 Å². The largest absolute Gasteiger partial charge is 0.478 e. The van der Waals surface area contributed by atoms with Crippen LogP contribution in [0.1, 0.15) is 41.1 Å². The maximum Gasteiger partial charge on any atom is 0.337 e. The number of aromatic nitrogens is 2. The first-order chi connectivity index (χ1) is 11.0. The summed E-state index contributed by atoms with van der Waals surface area (Å²) >= 11 is 7.14. The lowest BCUT2D eigenvalue weighted by atomic mass is 9.98. The molecule has 0 unspecified atom stereocenters. The Morgan fingerprint density at radius 2 is 2.00 bits per heavy atom. The minimum Gasteiger partial charge on any atom is -0.478 e. The third-order valence-electron chi connectivity index (χ3n) is 3.00. The minimum absolute atomic E-state index is 0.00557. The molecule has 1 aromatic heterocycles. The average molecular weight is 390 g/mol. The molecular formula is C14H16ClN3O4S2. The van der Waals surface area contributed by atoms with Crippen molar-refractivity contribution in [2.24, 2.45) is 0 Å². The van der Waals surface area contributed by atoms with Gasteiger partial charge in [-0.1, -0.05) is 43.7 Å². The van der Waals surface area contributed by atoms with Gasteiger partial charge in [-0.2, -0.15) is 0 Å². The summed E-state index contributed by atoms with van der Waals surface area (Å²) in [5.41, 5.74) is -0.316. The van der Waals surface area contributed by atoms with Crippen LogP contribution in [0, 0.1) is 0 Å². The molecule has 0 saturated heterocycles. The van der Waals surface area contributed by atoms with E-state index in [0.29, 0.717) is 5.01 Å². The molecule has 2 aromatic rings. The van der Waals surface area contributed by atoms with E-state index in [1.807, 2.05) is 20.8 Å². The van der Waals surface area contributed by atoms with Crippen LogP contribution in [0.15, 0.2) is 23.1 Å². The highest BCUT2D eigenvalue weighted by Crippen LogP contribution is 2.25. The number of aromatic carboxylic acids is 1. The number of carboxylic acid groups (broad SMARTS) is 1. The number of nitrogens with zero attached hydrogens (tertiary/aromatic N) is 2. The molecule has 2 rings (SSSR count). The molecule has 2 N–H and O–H groups in total. The molecule has 0 bridgehead atoms. The Labute approximate surface area is 148 Å². The second-order valence-electron chi connectivity index (χ2n) is 6.02. The van der Waals surface area contributed by atoms with Gasteiger partial charge in [0, 0.05) is 5.41 Å². The number of benzene rings is 1. The van der Waals surface area contributed by atoms with Crippen LogP contribution in [0.5, 0.6) is 0 Å². The SMILES string of the molecule is CC(C)(C)c1nnc(CNS(=O)(=O)c2ccc(C(=O)O)c(Cl)c2)s1. The molecule has 0 spiro atoms. The lowest BCUT2D eigenvalue weighted by Crippen LogP contribution is -2.23. The lowest BCUT2D eigenvalue weighted by molar-refractivity contribution is 0.0697. The van der Waals surface area contributed by atoms with Crippen LogP contribution in [-0.2, 0) is 22.0 Å². The Hall–Kier alpha value is -1.55. The van der Waals surface area contributed by atoms with Gasteiger partial charge in [-0.25, -0.2) is 17.9 Å². The number of nitrogens with one attached hydrogen (secondary N) is 1. The van der Waals surface area contributed by atoms with Crippen molar-refractivity contribution in [2.75, 3.05) is 0 Å². The minimum atomic E-state index is -3.84. The molecule has 1 heterocycles. The van der Waals surface area contributed by atoms with Crippen LogP contribution < -0.4 is 4.72 Å². The second-order valence-corrected chi connectivity index (χ2v) is 9.26. The second kappa shape index (κ2) is 6.75. The first-order valence-electron chi connectivity index (χ1n) is 6.86. The molecule has 0 aliphatic heterocycles. The van der Waals surface area contributed by atoms with Crippen molar-refractivity contribution in [3.63, 3.8) is 0 Å². The van der Waals surface area contributed by atoms with Crippen molar-refractivity contribution in [1.82, 2.24) is 14.9 Å². The van der Waals surface area contributed by atoms with Gasteiger partial charge >= 0.3 is 5.97 Å². The monoisotopic (exact) mass is 389 g/mol. The highest BCUT2D eigenvalue weighted by molar-refractivity contribution is 7.89. The van der Waals surface area contributed by atoms with E-state index < -0.39 is 16.0 Å². The van der Waals surface area contributed by atoms with Crippen molar-refractivity contribution in [1.29, 1.82) is 0 Å². The maximum atomic E-state index is 12.3. The van der Waals surface area contributed by atoms with Crippen molar-refractivity contribution in [3.8, 4) is 0 Å². The average Bonchev–Trinajstić information content (AvgIpc) is 2.93. The van der Waals surface area contributed by atoms with Crippen molar-refractivity contribution >= 4 is 38.9 Å². The molecule has 0 amide bonds. The van der Waals surface area contributed by atoms with Crippen LogP contribution in [-0.4, -0.2) is 29.7 Å². The van der Waals surface area contributed by atoms with Crippen LogP contribution in [0.25, 0.3) is 0 Å². The van der Waals surface area contributed by atoms with Crippen LogP contribution in [0.4, 0.5) is 0 Å². The summed E-state index contributed by atoms with van der Waals surface area (Å²) in [4.78, 5) is 10.8. The molecule has 0 aliphatic carbocycles. The highest BCUT2D eigenvalue weighted by Gasteiger charge is 2.21. The number of halogens is 1. The fraction of sp³-hybridized carbons (Fsp3) is 0.357. The molecule has 130 valence electrons. The molecule has 0 radical (unpaired) electrons. The van der Waals surface area contributed by atoms with Crippen molar-refractivity contribution < 1.29 is 18.3 Å². The van der Waals surface area contributed by atoms with Crippen LogP contribution >= 0.6 is 22.9 Å². The topological polar surface area (TPSA) is 109 Å². The number of carboxylic acids is 1. The Balaban J connectivity index is 2.16. The number of rotatable bonds is 5. The molecule has 0 fully saturated rings. The predicted octanol–water partition coefficient (Wildman–Crippen LogP) is 2.67. The highest BCUT2D eigenvalue weighted by atomic mass is 35.5. The summed E-state index contributed by atoms with van der Waals surface area (Å²) in [5.74, 6) is -1.22. The van der Waals surface area contributed by atoms with Crippen LogP contribution in [0.2, 0.25) is 5.02 Å². The summed E-state index contributed by atoms with van der Waals surface area (Å²) in [6, 6.07) is 3.45. The summed E-state index contributed by atoms with van der Waals surface area (Å²) in [5, 5.41) is 18.1. The predicted molar refractivity (Wildman–Crippen MR) is 91.0 cm³/mol. The quantitative estimate of drug-likeness (QED) is 0.813. The van der Waals surface area contributed by atoms with Crippen molar-refractivity contribution in [3.05, 3.63) is 38.8 Å². The Morgan fingerprint density at radius 3 is 2.50 bits per heavy atom. The fourth-order valence-electron chi connectivity index (χ4n) is 1.70. The molecule has 0 atom stereocenters. The van der Waals surface area contributed by atoms with Gasteiger partial charge in [0.1, 0.15) is 10.0 Å². The van der Waals surface area contributed by atoms with E-state index in [9.17, 15) is 13.2 Å². The zero-order chi connectivity index (χ0) is 18.1. The zero-order valence-corrected chi connectivity index (χ0v) is 15.6. The van der Waals surface area contributed by atoms with Crippen molar-refractivity contribution in [2.45, 2.75) is 37.6 Å². The molecule has 0 saturated carbocycles. The molecule has 10 heteroatoms. The van der Waals surface area contributed by atoms with Gasteiger partial charge < -0.3 is 5.11 Å².